The molecule has 0 radical (unpaired) electrons. The molecule has 2 heterocycles. The number of nitrogens with one attached hydrogen (secondary N) is 1. The van der Waals surface area contributed by atoms with Crippen LogP contribution in [0.4, 0.5) is 5.69 Å². The molecule has 3 rings (SSSR count). The third kappa shape index (κ3) is 4.11. The normalized spacial score (nSPS) is 20.5. The molecule has 0 aliphatic carbocycles. The van der Waals surface area contributed by atoms with Crippen molar-refractivity contribution in [1.82, 2.24) is 9.80 Å². The molecule has 0 aromatic heterocycles. The number of ether oxygens (including phenoxy) is 2. The monoisotopic (exact) mass is 379 g/mol. The van der Waals surface area contributed by atoms with Gasteiger partial charge in [0, 0.05) is 50.7 Å². The molecule has 0 spiro atoms. The van der Waals surface area contributed by atoms with Crippen LogP contribution in [0.5, 0.6) is 0 Å². The van der Waals surface area contributed by atoms with Gasteiger partial charge in [0.05, 0.1) is 0 Å². The Morgan fingerprint density at radius 2 is 1.58 bits per heavy atom. The first kappa shape index (κ1) is 18.5. The maximum Gasteiger partial charge on any atom is 0.352 e. The first-order valence-electron chi connectivity index (χ1n) is 8.42. The van der Waals surface area contributed by atoms with Crippen LogP contribution in [-0.4, -0.2) is 60.8 Å². The van der Waals surface area contributed by atoms with Crippen molar-refractivity contribution in [2.24, 2.45) is 0 Å². The zero-order valence-corrected chi connectivity index (χ0v) is 15.8. The molecule has 0 amide bonds. The Morgan fingerprint density at radius 3 is 2.12 bits per heavy atom. The Kier molecular flexibility index (Phi) is 5.11. The van der Waals surface area contributed by atoms with Gasteiger partial charge < -0.3 is 24.6 Å². The number of hydrogen-bond donors (Lipinski definition) is 1. The van der Waals surface area contributed by atoms with Crippen LogP contribution in [0.2, 0.25) is 5.02 Å². The minimum atomic E-state index is -1.27. The molecule has 8 heteroatoms. The standard InChI is InChI=1S/C18H22ClN3O4/c1-18(2)25-16(23)14(17(24)26-18)15(22-10-8-21(3)9-11-22)20-13-6-4-12(19)5-7-13/h4-7,20H,8-11H2,1-3H3. The van der Waals surface area contributed by atoms with Gasteiger partial charge in [-0.05, 0) is 31.3 Å². The van der Waals surface area contributed by atoms with E-state index >= 15 is 0 Å². The first-order chi connectivity index (χ1) is 12.2. The Morgan fingerprint density at radius 1 is 1.04 bits per heavy atom. The van der Waals surface area contributed by atoms with E-state index in [0.29, 0.717) is 29.6 Å². The first-order valence-corrected chi connectivity index (χ1v) is 8.80. The van der Waals surface area contributed by atoms with Crippen LogP contribution in [0.15, 0.2) is 35.7 Å². The van der Waals surface area contributed by atoms with E-state index in [1.807, 2.05) is 11.9 Å². The average Bonchev–Trinajstić information content (AvgIpc) is 2.55. The molecule has 2 aliphatic rings. The third-order valence-electron chi connectivity index (χ3n) is 4.25. The van der Waals surface area contributed by atoms with E-state index in [4.69, 9.17) is 21.1 Å². The third-order valence-corrected chi connectivity index (χ3v) is 4.50. The number of nitrogens with zero attached hydrogens (tertiary/aromatic N) is 2. The minimum absolute atomic E-state index is 0.121. The van der Waals surface area contributed by atoms with Crippen molar-refractivity contribution in [1.29, 1.82) is 0 Å². The summed E-state index contributed by atoms with van der Waals surface area (Å²) in [4.78, 5) is 29.2. The van der Waals surface area contributed by atoms with Crippen molar-refractivity contribution < 1.29 is 19.1 Å². The lowest BCUT2D eigenvalue weighted by atomic mass is 10.1. The lowest BCUT2D eigenvalue weighted by molar-refractivity contribution is -0.222. The molecule has 140 valence electrons. The van der Waals surface area contributed by atoms with Crippen molar-refractivity contribution >= 4 is 29.2 Å². The number of halogens is 1. The van der Waals surface area contributed by atoms with Crippen molar-refractivity contribution in [3.05, 3.63) is 40.7 Å². The fourth-order valence-electron chi connectivity index (χ4n) is 2.85. The number of carbonyl (C=O) groups excluding carboxylic acids is 2. The molecule has 7 nitrogen and oxygen atoms in total. The number of likely N-dealkylation sites (N-methyl/N-ethyl adjacent to an activating group) is 1. The number of anilines is 1. The fraction of sp³-hybridized carbons (Fsp3) is 0.444. The number of rotatable bonds is 3. The highest BCUT2D eigenvalue weighted by Crippen LogP contribution is 2.27. The molecule has 0 bridgehead atoms. The van der Waals surface area contributed by atoms with E-state index in [9.17, 15) is 9.59 Å². The SMILES string of the molecule is CN1CCN(C(Nc2ccc(Cl)cc2)=C2C(=O)OC(C)(C)OC2=O)CC1. The van der Waals surface area contributed by atoms with E-state index in [1.165, 1.54) is 13.8 Å². The van der Waals surface area contributed by atoms with Gasteiger partial charge in [0.15, 0.2) is 5.57 Å². The summed E-state index contributed by atoms with van der Waals surface area (Å²) in [6.07, 6.45) is 0. The molecule has 26 heavy (non-hydrogen) atoms. The molecule has 1 aromatic rings. The van der Waals surface area contributed by atoms with Gasteiger partial charge in [0.1, 0.15) is 5.82 Å². The average molecular weight is 380 g/mol. The zero-order valence-electron chi connectivity index (χ0n) is 15.0. The van der Waals surface area contributed by atoms with E-state index in [1.54, 1.807) is 24.3 Å². The Hall–Kier alpha value is -2.25. The van der Waals surface area contributed by atoms with Gasteiger partial charge >= 0.3 is 11.9 Å². The summed E-state index contributed by atoms with van der Waals surface area (Å²) in [6.45, 7) is 6.02. The molecule has 1 aromatic carbocycles. The van der Waals surface area contributed by atoms with Gasteiger partial charge in [0.25, 0.3) is 5.79 Å². The van der Waals surface area contributed by atoms with Crippen LogP contribution in [0.1, 0.15) is 13.8 Å². The quantitative estimate of drug-likeness (QED) is 0.489. The molecule has 1 N–H and O–H groups in total. The van der Waals surface area contributed by atoms with Crippen molar-refractivity contribution in [3.8, 4) is 0 Å². The van der Waals surface area contributed by atoms with Gasteiger partial charge in [-0.1, -0.05) is 11.6 Å². The number of cyclic esters (lactones) is 2. The predicted octanol–water partition coefficient (Wildman–Crippen LogP) is 2.05. The summed E-state index contributed by atoms with van der Waals surface area (Å²) in [5.74, 6) is -2.26. The highest BCUT2D eigenvalue weighted by atomic mass is 35.5. The maximum atomic E-state index is 12.5. The Balaban J connectivity index is 1.97. The summed E-state index contributed by atoms with van der Waals surface area (Å²) in [5.41, 5.74) is 0.588. The number of benzene rings is 1. The molecule has 2 fully saturated rings. The van der Waals surface area contributed by atoms with E-state index in [2.05, 4.69) is 10.2 Å². The number of esters is 2. The van der Waals surface area contributed by atoms with Crippen molar-refractivity contribution in [2.75, 3.05) is 38.5 Å². The second kappa shape index (κ2) is 7.17. The Bertz CT molecular complexity index is 715. The molecular formula is C18H22ClN3O4. The summed E-state index contributed by atoms with van der Waals surface area (Å²) in [7, 11) is 2.03. The largest absolute Gasteiger partial charge is 0.419 e. The van der Waals surface area contributed by atoms with Crippen LogP contribution in [0.25, 0.3) is 0 Å². The number of carbonyl (C=O) groups is 2. The van der Waals surface area contributed by atoms with Crippen LogP contribution in [-0.2, 0) is 19.1 Å². The van der Waals surface area contributed by atoms with Gasteiger partial charge in [-0.3, -0.25) is 0 Å². The van der Waals surface area contributed by atoms with E-state index in [-0.39, 0.29) is 5.57 Å². The molecule has 2 saturated heterocycles. The predicted molar refractivity (Wildman–Crippen MR) is 97.4 cm³/mol. The maximum absolute atomic E-state index is 12.5. The van der Waals surface area contributed by atoms with Crippen LogP contribution in [0, 0.1) is 0 Å². The number of piperazine rings is 1. The molecule has 0 atom stereocenters. The minimum Gasteiger partial charge on any atom is -0.419 e. The summed E-state index contributed by atoms with van der Waals surface area (Å²) in [6, 6.07) is 7.03. The second-order valence-corrected chi connectivity index (χ2v) is 7.26. The van der Waals surface area contributed by atoms with Crippen molar-refractivity contribution in [3.63, 3.8) is 0 Å². The summed E-state index contributed by atoms with van der Waals surface area (Å²) in [5, 5.41) is 3.78. The highest BCUT2D eigenvalue weighted by Gasteiger charge is 2.42. The lowest BCUT2D eigenvalue weighted by Crippen LogP contribution is -2.48. The van der Waals surface area contributed by atoms with E-state index in [0.717, 1.165) is 13.1 Å². The van der Waals surface area contributed by atoms with E-state index < -0.39 is 17.7 Å². The molecular weight excluding hydrogens is 358 g/mol. The van der Waals surface area contributed by atoms with Gasteiger partial charge in [-0.2, -0.15) is 0 Å². The lowest BCUT2D eigenvalue weighted by Gasteiger charge is -2.38. The van der Waals surface area contributed by atoms with Crippen molar-refractivity contribution in [2.45, 2.75) is 19.6 Å². The topological polar surface area (TPSA) is 71.1 Å². The van der Waals surface area contributed by atoms with Crippen LogP contribution in [0.3, 0.4) is 0 Å². The smallest absolute Gasteiger partial charge is 0.352 e. The fourth-order valence-corrected chi connectivity index (χ4v) is 2.97. The van der Waals surface area contributed by atoms with Crippen LogP contribution >= 0.6 is 11.6 Å². The van der Waals surface area contributed by atoms with Gasteiger partial charge in [-0.15, -0.1) is 0 Å². The molecule has 0 unspecified atom stereocenters. The summed E-state index contributed by atoms with van der Waals surface area (Å²) >= 11 is 5.94. The zero-order chi connectivity index (χ0) is 18.9. The highest BCUT2D eigenvalue weighted by molar-refractivity contribution is 6.30. The van der Waals surface area contributed by atoms with Gasteiger partial charge in [-0.25, -0.2) is 9.59 Å². The molecule has 2 aliphatic heterocycles. The Labute approximate surface area is 157 Å². The molecule has 0 saturated carbocycles. The van der Waals surface area contributed by atoms with Gasteiger partial charge in [0.2, 0.25) is 0 Å². The second-order valence-electron chi connectivity index (χ2n) is 6.82. The number of hydrogen-bond acceptors (Lipinski definition) is 7. The van der Waals surface area contributed by atoms with Crippen LogP contribution < -0.4 is 5.32 Å². The summed E-state index contributed by atoms with van der Waals surface area (Å²) < 4.78 is 10.5.